The van der Waals surface area contributed by atoms with Gasteiger partial charge >= 0.3 is 0 Å². The maximum atomic E-state index is 6.23. The van der Waals surface area contributed by atoms with Crippen LogP contribution < -0.4 is 5.43 Å². The number of hydrazone groups is 1. The molecule has 0 aromatic heterocycles. The molecule has 2 aromatic carbocycles. The summed E-state index contributed by atoms with van der Waals surface area (Å²) < 4.78 is 0. The van der Waals surface area contributed by atoms with Crippen LogP contribution in [0.4, 0.5) is 0 Å². The van der Waals surface area contributed by atoms with Gasteiger partial charge in [0.1, 0.15) is 5.37 Å². The highest BCUT2D eigenvalue weighted by Gasteiger charge is 2.23. The van der Waals surface area contributed by atoms with Gasteiger partial charge in [-0.15, -0.1) is 0 Å². The molecule has 1 heterocycles. The predicted molar refractivity (Wildman–Crippen MR) is 87.5 cm³/mol. The Hall–Kier alpha value is -1.16. The average molecular weight is 323 g/mol. The largest absolute Gasteiger partial charge is 0.291 e. The molecule has 2 nitrogen and oxygen atoms in total. The smallest absolute Gasteiger partial charge is 0.121 e. The zero-order chi connectivity index (χ0) is 13.9. The summed E-state index contributed by atoms with van der Waals surface area (Å²) in [4.78, 5) is 0. The van der Waals surface area contributed by atoms with E-state index < -0.39 is 0 Å². The Morgan fingerprint density at radius 2 is 1.90 bits per heavy atom. The maximum absolute atomic E-state index is 6.23. The van der Waals surface area contributed by atoms with Gasteiger partial charge in [-0.05, 0) is 17.7 Å². The van der Waals surface area contributed by atoms with Crippen LogP contribution in [-0.2, 0) is 6.42 Å². The normalized spacial score (nSPS) is 17.7. The molecule has 3 rings (SSSR count). The first-order chi connectivity index (χ1) is 9.72. The van der Waals surface area contributed by atoms with E-state index in [4.69, 9.17) is 23.2 Å². The van der Waals surface area contributed by atoms with Crippen molar-refractivity contribution >= 4 is 40.0 Å². The van der Waals surface area contributed by atoms with E-state index in [0.29, 0.717) is 10.0 Å². The lowest BCUT2D eigenvalue weighted by atomic mass is 10.2. The van der Waals surface area contributed by atoms with Crippen molar-refractivity contribution in [3.63, 3.8) is 0 Å². The minimum atomic E-state index is 0.0541. The third-order valence-corrected chi connectivity index (χ3v) is 4.67. The van der Waals surface area contributed by atoms with Crippen LogP contribution in [0, 0.1) is 0 Å². The van der Waals surface area contributed by atoms with Gasteiger partial charge in [0.2, 0.25) is 0 Å². The third kappa shape index (κ3) is 3.11. The molecule has 102 valence electrons. The van der Waals surface area contributed by atoms with E-state index in [1.807, 2.05) is 30.3 Å². The summed E-state index contributed by atoms with van der Waals surface area (Å²) in [7, 11) is 0. The Morgan fingerprint density at radius 3 is 2.65 bits per heavy atom. The van der Waals surface area contributed by atoms with Gasteiger partial charge in [-0.25, -0.2) is 0 Å². The Kier molecular flexibility index (Phi) is 4.20. The van der Waals surface area contributed by atoms with Gasteiger partial charge < -0.3 is 0 Å². The molecule has 0 aliphatic carbocycles. The molecule has 0 spiro atoms. The second kappa shape index (κ2) is 6.08. The van der Waals surface area contributed by atoms with E-state index in [1.54, 1.807) is 17.8 Å². The molecule has 1 N–H and O–H groups in total. The summed E-state index contributed by atoms with van der Waals surface area (Å²) >= 11 is 13.8. The number of hydrogen-bond donors (Lipinski definition) is 1. The highest BCUT2D eigenvalue weighted by atomic mass is 35.5. The van der Waals surface area contributed by atoms with Crippen LogP contribution in [0.25, 0.3) is 0 Å². The van der Waals surface area contributed by atoms with Gasteiger partial charge in [-0.2, -0.15) is 5.10 Å². The SMILES string of the molecule is Clc1ccc(C2NN=C(Cc3ccccc3)S2)c(Cl)c1. The van der Waals surface area contributed by atoms with Crippen LogP contribution in [0.15, 0.2) is 53.6 Å². The Bertz CT molecular complexity index is 644. The molecule has 2 aromatic rings. The van der Waals surface area contributed by atoms with Crippen LogP contribution >= 0.6 is 35.0 Å². The first-order valence-corrected chi connectivity index (χ1v) is 7.83. The van der Waals surface area contributed by atoms with E-state index in [0.717, 1.165) is 17.0 Å². The maximum Gasteiger partial charge on any atom is 0.121 e. The molecular formula is C15H12Cl2N2S. The Morgan fingerprint density at radius 1 is 1.10 bits per heavy atom. The summed E-state index contributed by atoms with van der Waals surface area (Å²) in [5.74, 6) is 0. The first-order valence-electron chi connectivity index (χ1n) is 6.20. The van der Waals surface area contributed by atoms with Gasteiger partial charge in [-0.3, -0.25) is 5.43 Å². The predicted octanol–water partition coefficient (Wildman–Crippen LogP) is 4.88. The van der Waals surface area contributed by atoms with Crippen molar-refractivity contribution in [1.82, 2.24) is 5.43 Å². The second-order valence-corrected chi connectivity index (χ2v) is 6.48. The molecular weight excluding hydrogens is 311 g/mol. The van der Waals surface area contributed by atoms with Crippen LogP contribution in [0.3, 0.4) is 0 Å². The number of benzene rings is 2. The molecule has 1 atom stereocenters. The Balaban J connectivity index is 1.69. The number of halogens is 2. The van der Waals surface area contributed by atoms with Crippen LogP contribution in [0.5, 0.6) is 0 Å². The van der Waals surface area contributed by atoms with Crippen molar-refractivity contribution in [3.05, 3.63) is 69.7 Å². The van der Waals surface area contributed by atoms with Crippen molar-refractivity contribution in [3.8, 4) is 0 Å². The summed E-state index contributed by atoms with van der Waals surface area (Å²) in [6.45, 7) is 0. The number of nitrogens with one attached hydrogen (secondary N) is 1. The van der Waals surface area contributed by atoms with E-state index in [2.05, 4.69) is 22.7 Å². The van der Waals surface area contributed by atoms with Crippen molar-refractivity contribution in [2.24, 2.45) is 5.10 Å². The fourth-order valence-electron chi connectivity index (χ4n) is 2.02. The molecule has 0 bridgehead atoms. The van der Waals surface area contributed by atoms with Gasteiger partial charge in [0.05, 0.1) is 5.04 Å². The minimum Gasteiger partial charge on any atom is -0.291 e. The second-order valence-electron chi connectivity index (χ2n) is 4.46. The molecule has 5 heteroatoms. The van der Waals surface area contributed by atoms with Crippen molar-refractivity contribution in [2.45, 2.75) is 11.8 Å². The topological polar surface area (TPSA) is 24.4 Å². The van der Waals surface area contributed by atoms with E-state index >= 15 is 0 Å². The monoisotopic (exact) mass is 322 g/mol. The molecule has 0 radical (unpaired) electrons. The lowest BCUT2D eigenvalue weighted by Gasteiger charge is -2.11. The van der Waals surface area contributed by atoms with Gasteiger partial charge in [0, 0.05) is 22.0 Å². The number of hydrogen-bond acceptors (Lipinski definition) is 3. The zero-order valence-electron chi connectivity index (χ0n) is 10.5. The molecule has 1 aliphatic heterocycles. The lowest BCUT2D eigenvalue weighted by Crippen LogP contribution is -2.07. The van der Waals surface area contributed by atoms with Crippen molar-refractivity contribution < 1.29 is 0 Å². The molecule has 0 saturated heterocycles. The molecule has 20 heavy (non-hydrogen) atoms. The molecule has 1 aliphatic rings. The fourth-order valence-corrected chi connectivity index (χ4v) is 3.67. The fraction of sp³-hybridized carbons (Fsp3) is 0.133. The summed E-state index contributed by atoms with van der Waals surface area (Å²) in [6.07, 6.45) is 0.834. The average Bonchev–Trinajstić information content (AvgIpc) is 2.88. The first kappa shape index (κ1) is 13.8. The summed E-state index contributed by atoms with van der Waals surface area (Å²) in [6, 6.07) is 15.8. The van der Waals surface area contributed by atoms with Crippen molar-refractivity contribution in [2.75, 3.05) is 0 Å². The zero-order valence-corrected chi connectivity index (χ0v) is 12.8. The summed E-state index contributed by atoms with van der Waals surface area (Å²) in [5, 5.41) is 6.82. The van der Waals surface area contributed by atoms with Crippen molar-refractivity contribution in [1.29, 1.82) is 0 Å². The highest BCUT2D eigenvalue weighted by Crippen LogP contribution is 2.37. The van der Waals surface area contributed by atoms with Crippen LogP contribution in [0.1, 0.15) is 16.5 Å². The van der Waals surface area contributed by atoms with E-state index in [9.17, 15) is 0 Å². The Labute approximate surface area is 132 Å². The lowest BCUT2D eigenvalue weighted by molar-refractivity contribution is 0.742. The number of nitrogens with zero attached hydrogens (tertiary/aromatic N) is 1. The van der Waals surface area contributed by atoms with Gasteiger partial charge in [0.15, 0.2) is 0 Å². The van der Waals surface area contributed by atoms with E-state index in [-0.39, 0.29) is 5.37 Å². The quantitative estimate of drug-likeness (QED) is 0.870. The molecule has 0 fully saturated rings. The standard InChI is InChI=1S/C15H12Cl2N2S/c16-11-6-7-12(13(17)9-11)15-19-18-14(20-15)8-10-4-2-1-3-5-10/h1-7,9,15,19H,8H2. The molecule has 1 unspecified atom stereocenters. The molecule has 0 amide bonds. The number of thioether (sulfide) groups is 1. The van der Waals surface area contributed by atoms with Gasteiger partial charge in [-0.1, -0.05) is 71.4 Å². The third-order valence-electron chi connectivity index (χ3n) is 3.00. The van der Waals surface area contributed by atoms with Crippen LogP contribution in [-0.4, -0.2) is 5.04 Å². The van der Waals surface area contributed by atoms with E-state index in [1.165, 1.54) is 5.56 Å². The van der Waals surface area contributed by atoms with Gasteiger partial charge in [0.25, 0.3) is 0 Å². The highest BCUT2D eigenvalue weighted by molar-refractivity contribution is 8.14. The van der Waals surface area contributed by atoms with Crippen LogP contribution in [0.2, 0.25) is 10.0 Å². The summed E-state index contributed by atoms with van der Waals surface area (Å²) in [5.41, 5.74) is 5.39. The number of rotatable bonds is 3. The molecule has 0 saturated carbocycles. The minimum absolute atomic E-state index is 0.0541.